The minimum absolute atomic E-state index is 0.0750. The SMILES string of the molecule is COc1ccc(C(F)(F)F)cc1C(C)CC(O)CN. The molecule has 3 nitrogen and oxygen atoms in total. The van der Waals surface area contributed by atoms with E-state index in [4.69, 9.17) is 10.5 Å². The van der Waals surface area contributed by atoms with E-state index in [0.717, 1.165) is 12.1 Å². The minimum atomic E-state index is -4.40. The molecule has 0 aliphatic heterocycles. The number of aliphatic hydroxyl groups excluding tert-OH is 1. The van der Waals surface area contributed by atoms with Gasteiger partial charge in [0.25, 0.3) is 0 Å². The van der Waals surface area contributed by atoms with Crippen LogP contribution < -0.4 is 10.5 Å². The van der Waals surface area contributed by atoms with E-state index in [1.54, 1.807) is 6.92 Å². The highest BCUT2D eigenvalue weighted by Gasteiger charge is 2.31. The molecule has 0 aromatic heterocycles. The van der Waals surface area contributed by atoms with Gasteiger partial charge in [-0.3, -0.25) is 0 Å². The molecule has 108 valence electrons. The Hall–Kier alpha value is -1.27. The van der Waals surface area contributed by atoms with Crippen molar-refractivity contribution in [1.29, 1.82) is 0 Å². The van der Waals surface area contributed by atoms with Gasteiger partial charge in [-0.2, -0.15) is 13.2 Å². The molecule has 0 saturated heterocycles. The maximum Gasteiger partial charge on any atom is 0.416 e. The van der Waals surface area contributed by atoms with Gasteiger partial charge in [-0.05, 0) is 36.1 Å². The number of ether oxygens (including phenoxy) is 1. The molecule has 2 unspecified atom stereocenters. The highest BCUT2D eigenvalue weighted by Crippen LogP contribution is 2.36. The van der Waals surface area contributed by atoms with Crippen LogP contribution in [0.5, 0.6) is 5.75 Å². The Morgan fingerprint density at radius 3 is 2.47 bits per heavy atom. The quantitative estimate of drug-likeness (QED) is 0.869. The molecule has 6 heteroatoms. The first-order valence-electron chi connectivity index (χ1n) is 5.92. The zero-order chi connectivity index (χ0) is 14.6. The standard InChI is InChI=1S/C13H18F3NO2/c1-8(5-10(18)7-17)11-6-9(13(14,15)16)3-4-12(11)19-2/h3-4,6,8,10,18H,5,7,17H2,1-2H3. The fourth-order valence-electron chi connectivity index (χ4n) is 1.93. The number of alkyl halides is 3. The third kappa shape index (κ3) is 4.11. The van der Waals surface area contributed by atoms with Gasteiger partial charge in [-0.1, -0.05) is 6.92 Å². The number of rotatable bonds is 5. The third-order valence-corrected chi connectivity index (χ3v) is 2.99. The van der Waals surface area contributed by atoms with Gasteiger partial charge in [0.2, 0.25) is 0 Å². The van der Waals surface area contributed by atoms with Gasteiger partial charge in [0.15, 0.2) is 0 Å². The van der Waals surface area contributed by atoms with Crippen LogP contribution >= 0.6 is 0 Å². The van der Waals surface area contributed by atoms with Crippen molar-refractivity contribution in [2.75, 3.05) is 13.7 Å². The van der Waals surface area contributed by atoms with Crippen LogP contribution in [0.3, 0.4) is 0 Å². The maximum atomic E-state index is 12.7. The number of methoxy groups -OCH3 is 1. The third-order valence-electron chi connectivity index (χ3n) is 2.99. The zero-order valence-corrected chi connectivity index (χ0v) is 10.9. The molecule has 19 heavy (non-hydrogen) atoms. The lowest BCUT2D eigenvalue weighted by Gasteiger charge is -2.19. The first-order valence-corrected chi connectivity index (χ1v) is 5.92. The van der Waals surface area contributed by atoms with Gasteiger partial charge in [0.05, 0.1) is 18.8 Å². The molecular formula is C13H18F3NO2. The van der Waals surface area contributed by atoms with Crippen molar-refractivity contribution in [3.8, 4) is 5.75 Å². The smallest absolute Gasteiger partial charge is 0.416 e. The molecule has 0 saturated carbocycles. The lowest BCUT2D eigenvalue weighted by Crippen LogP contribution is -2.21. The first-order chi connectivity index (χ1) is 8.79. The Labute approximate surface area is 110 Å². The Balaban J connectivity index is 3.08. The van der Waals surface area contributed by atoms with E-state index in [1.165, 1.54) is 13.2 Å². The number of hydrogen-bond donors (Lipinski definition) is 2. The fraction of sp³-hybridized carbons (Fsp3) is 0.538. The molecule has 0 aliphatic carbocycles. The number of benzene rings is 1. The molecule has 0 aliphatic rings. The van der Waals surface area contributed by atoms with E-state index in [-0.39, 0.29) is 18.9 Å². The molecule has 0 radical (unpaired) electrons. The summed E-state index contributed by atoms with van der Waals surface area (Å²) in [6, 6.07) is 3.34. The van der Waals surface area contributed by atoms with Crippen LogP contribution in [0.15, 0.2) is 18.2 Å². The summed E-state index contributed by atoms with van der Waals surface area (Å²) in [4.78, 5) is 0. The van der Waals surface area contributed by atoms with Gasteiger partial charge in [0, 0.05) is 6.54 Å². The molecule has 0 heterocycles. The second-order valence-electron chi connectivity index (χ2n) is 4.48. The van der Waals surface area contributed by atoms with Crippen LogP contribution in [-0.2, 0) is 6.18 Å². The number of aliphatic hydroxyl groups is 1. The molecule has 2 atom stereocenters. The Kier molecular flexibility index (Phi) is 5.20. The normalized spacial score (nSPS) is 15.1. The predicted molar refractivity (Wildman–Crippen MR) is 66.1 cm³/mol. The Bertz CT molecular complexity index is 421. The van der Waals surface area contributed by atoms with Crippen molar-refractivity contribution in [3.63, 3.8) is 0 Å². The van der Waals surface area contributed by atoms with Crippen molar-refractivity contribution in [2.24, 2.45) is 5.73 Å². The molecule has 1 aromatic rings. The van der Waals surface area contributed by atoms with Gasteiger partial charge in [0.1, 0.15) is 5.75 Å². The predicted octanol–water partition coefficient (Wildman–Crippen LogP) is 2.53. The highest BCUT2D eigenvalue weighted by molar-refractivity contribution is 5.40. The fourth-order valence-corrected chi connectivity index (χ4v) is 1.93. The second kappa shape index (κ2) is 6.25. The minimum Gasteiger partial charge on any atom is -0.496 e. The zero-order valence-electron chi connectivity index (χ0n) is 10.9. The second-order valence-corrected chi connectivity index (χ2v) is 4.48. The molecule has 0 amide bonds. The summed E-state index contributed by atoms with van der Waals surface area (Å²) in [5.41, 5.74) is 5.00. The largest absolute Gasteiger partial charge is 0.496 e. The molecule has 3 N–H and O–H groups in total. The van der Waals surface area contributed by atoms with Crippen molar-refractivity contribution in [2.45, 2.75) is 31.5 Å². The van der Waals surface area contributed by atoms with Crippen LogP contribution in [0, 0.1) is 0 Å². The Morgan fingerprint density at radius 1 is 1.37 bits per heavy atom. The number of halogens is 3. The summed E-state index contributed by atoms with van der Waals surface area (Å²) in [6.07, 6.45) is -4.85. The summed E-state index contributed by atoms with van der Waals surface area (Å²) in [6.45, 7) is 1.81. The molecule has 1 aromatic carbocycles. The topological polar surface area (TPSA) is 55.5 Å². The summed E-state index contributed by atoms with van der Waals surface area (Å²) in [5.74, 6) is 0.0977. The van der Waals surface area contributed by atoms with E-state index in [1.807, 2.05) is 0 Å². The van der Waals surface area contributed by atoms with E-state index >= 15 is 0 Å². The van der Waals surface area contributed by atoms with Gasteiger partial charge in [-0.15, -0.1) is 0 Å². The Morgan fingerprint density at radius 2 is 2.00 bits per heavy atom. The van der Waals surface area contributed by atoms with Crippen LogP contribution in [0.1, 0.15) is 30.4 Å². The summed E-state index contributed by atoms with van der Waals surface area (Å²) in [5, 5.41) is 9.49. The van der Waals surface area contributed by atoms with E-state index in [0.29, 0.717) is 11.3 Å². The van der Waals surface area contributed by atoms with Gasteiger partial charge in [-0.25, -0.2) is 0 Å². The van der Waals surface area contributed by atoms with Crippen LogP contribution in [0.2, 0.25) is 0 Å². The van der Waals surface area contributed by atoms with Gasteiger partial charge >= 0.3 is 6.18 Å². The van der Waals surface area contributed by atoms with E-state index in [9.17, 15) is 18.3 Å². The van der Waals surface area contributed by atoms with Gasteiger partial charge < -0.3 is 15.6 Å². The summed E-state index contributed by atoms with van der Waals surface area (Å²) >= 11 is 0. The van der Waals surface area contributed by atoms with Crippen LogP contribution in [0.25, 0.3) is 0 Å². The average molecular weight is 277 g/mol. The van der Waals surface area contributed by atoms with E-state index < -0.39 is 17.8 Å². The van der Waals surface area contributed by atoms with Crippen LogP contribution in [-0.4, -0.2) is 24.9 Å². The van der Waals surface area contributed by atoms with Crippen molar-refractivity contribution < 1.29 is 23.0 Å². The lowest BCUT2D eigenvalue weighted by molar-refractivity contribution is -0.137. The summed E-state index contributed by atoms with van der Waals surface area (Å²) in [7, 11) is 1.40. The molecule has 1 rings (SSSR count). The number of nitrogens with two attached hydrogens (primary N) is 1. The molecule has 0 fully saturated rings. The van der Waals surface area contributed by atoms with Crippen molar-refractivity contribution in [3.05, 3.63) is 29.3 Å². The van der Waals surface area contributed by atoms with E-state index in [2.05, 4.69) is 0 Å². The highest BCUT2D eigenvalue weighted by atomic mass is 19.4. The summed E-state index contributed by atoms with van der Waals surface area (Å²) < 4.78 is 43.1. The average Bonchev–Trinajstić information content (AvgIpc) is 2.36. The lowest BCUT2D eigenvalue weighted by atomic mass is 9.92. The molecule has 0 bridgehead atoms. The molecule has 0 spiro atoms. The maximum absolute atomic E-state index is 12.7. The monoisotopic (exact) mass is 277 g/mol. The van der Waals surface area contributed by atoms with Crippen LogP contribution in [0.4, 0.5) is 13.2 Å². The van der Waals surface area contributed by atoms with Crippen molar-refractivity contribution in [1.82, 2.24) is 0 Å². The van der Waals surface area contributed by atoms with Crippen molar-refractivity contribution >= 4 is 0 Å². The molecular weight excluding hydrogens is 259 g/mol. The first kappa shape index (κ1) is 15.8. The number of hydrogen-bond acceptors (Lipinski definition) is 3.